The molecule has 1 aliphatic rings. The first-order valence-corrected chi connectivity index (χ1v) is 9.36. The molecule has 1 unspecified atom stereocenters. The average molecular weight is 281 g/mol. The second-order valence-corrected chi connectivity index (χ2v) is 9.35. The smallest absolute Gasteiger partial charge is 0.316 e. The van der Waals surface area contributed by atoms with Gasteiger partial charge in [-0.25, -0.2) is 4.57 Å². The van der Waals surface area contributed by atoms with Gasteiger partial charge in [0, 0.05) is 12.3 Å². The van der Waals surface area contributed by atoms with Crippen LogP contribution in [-0.4, -0.2) is 40.8 Å². The van der Waals surface area contributed by atoms with Gasteiger partial charge in [0.25, 0.3) is 0 Å². The molecule has 0 radical (unpaired) electrons. The maximum absolute atomic E-state index is 11.7. The number of likely N-dealkylation sites (tertiary alicyclic amines) is 1. The Hall–Kier alpha value is 0.460. The molecule has 0 aromatic carbocycles. The minimum Gasteiger partial charge on any atom is -0.316 e. The van der Waals surface area contributed by atoms with Crippen molar-refractivity contribution in [2.45, 2.75) is 45.6 Å². The predicted octanol–water partition coefficient (Wildman–Crippen LogP) is 3.12. The fourth-order valence-corrected chi connectivity index (χ4v) is 4.92. The molecular formula is C11H24NO3PS. The highest BCUT2D eigenvalue weighted by Gasteiger charge is 2.27. The molecule has 1 atom stereocenters. The van der Waals surface area contributed by atoms with Crippen LogP contribution in [0.3, 0.4) is 0 Å². The van der Waals surface area contributed by atoms with Gasteiger partial charge in [0.1, 0.15) is 0 Å². The molecule has 1 heterocycles. The second kappa shape index (κ2) is 6.58. The highest BCUT2D eigenvalue weighted by atomic mass is 32.7. The van der Waals surface area contributed by atoms with E-state index in [0.717, 1.165) is 31.0 Å². The Morgan fingerprint density at radius 2 is 1.88 bits per heavy atom. The van der Waals surface area contributed by atoms with E-state index >= 15 is 0 Å². The third-order valence-corrected chi connectivity index (χ3v) is 5.72. The van der Waals surface area contributed by atoms with Crippen LogP contribution in [0.5, 0.6) is 0 Å². The molecule has 0 aromatic rings. The topological polar surface area (TPSA) is 49.8 Å². The van der Waals surface area contributed by atoms with Crippen molar-refractivity contribution in [1.29, 1.82) is 0 Å². The highest BCUT2D eigenvalue weighted by Crippen LogP contribution is 2.57. The lowest BCUT2D eigenvalue weighted by molar-refractivity contribution is 0.120. The van der Waals surface area contributed by atoms with Gasteiger partial charge in [0.15, 0.2) is 0 Å². The lowest BCUT2D eigenvalue weighted by atomic mass is 10.1. The first kappa shape index (κ1) is 15.5. The zero-order valence-electron chi connectivity index (χ0n) is 11.0. The van der Waals surface area contributed by atoms with E-state index in [1.54, 1.807) is 20.8 Å². The Balaban J connectivity index is 2.22. The molecule has 1 N–H and O–H groups in total. The Bertz CT molecular complexity index is 274. The summed E-state index contributed by atoms with van der Waals surface area (Å²) < 4.78 is 16.9. The van der Waals surface area contributed by atoms with E-state index in [4.69, 9.17) is 4.52 Å². The van der Waals surface area contributed by atoms with Gasteiger partial charge < -0.3 is 9.79 Å². The highest BCUT2D eigenvalue weighted by molar-refractivity contribution is 8.54. The van der Waals surface area contributed by atoms with Gasteiger partial charge in [-0.05, 0) is 58.1 Å². The first-order valence-electron chi connectivity index (χ1n) is 6.19. The molecular weight excluding hydrogens is 257 g/mol. The van der Waals surface area contributed by atoms with Gasteiger partial charge in [0.05, 0.1) is 5.60 Å². The van der Waals surface area contributed by atoms with Crippen molar-refractivity contribution in [2.75, 3.05) is 25.4 Å². The van der Waals surface area contributed by atoms with Crippen molar-refractivity contribution in [3.05, 3.63) is 0 Å². The normalized spacial score (nSPS) is 22.4. The van der Waals surface area contributed by atoms with E-state index in [0.29, 0.717) is 5.75 Å². The van der Waals surface area contributed by atoms with Crippen LogP contribution in [0.1, 0.15) is 40.0 Å². The zero-order valence-corrected chi connectivity index (χ0v) is 12.7. The number of hydrogen-bond donors (Lipinski definition) is 1. The SMILES string of the molecule is CC(C)(C)OP(=O)(O)SCCN1CCCCC1. The van der Waals surface area contributed by atoms with E-state index < -0.39 is 12.4 Å². The van der Waals surface area contributed by atoms with Gasteiger partial charge in [0.2, 0.25) is 0 Å². The molecule has 1 saturated heterocycles. The summed E-state index contributed by atoms with van der Waals surface area (Å²) in [6.45, 7) is 5.01. The number of piperidine rings is 1. The molecule has 1 aliphatic heterocycles. The minimum atomic E-state index is -3.49. The van der Waals surface area contributed by atoms with Crippen LogP contribution in [-0.2, 0) is 9.09 Å². The Morgan fingerprint density at radius 3 is 2.41 bits per heavy atom. The van der Waals surface area contributed by atoms with Gasteiger partial charge >= 0.3 is 6.80 Å². The van der Waals surface area contributed by atoms with Crippen LogP contribution in [0.25, 0.3) is 0 Å². The van der Waals surface area contributed by atoms with Crippen LogP contribution in [0.15, 0.2) is 0 Å². The summed E-state index contributed by atoms with van der Waals surface area (Å²) in [5, 5.41) is 0. The fourth-order valence-electron chi connectivity index (χ4n) is 1.84. The quantitative estimate of drug-likeness (QED) is 0.785. The minimum absolute atomic E-state index is 0.567. The lowest BCUT2D eigenvalue weighted by Gasteiger charge is -2.27. The molecule has 4 nitrogen and oxygen atoms in total. The number of rotatable bonds is 5. The van der Waals surface area contributed by atoms with Crippen LogP contribution in [0.2, 0.25) is 0 Å². The molecule has 0 bridgehead atoms. The third kappa shape index (κ3) is 7.47. The van der Waals surface area contributed by atoms with E-state index in [1.807, 2.05) is 0 Å². The van der Waals surface area contributed by atoms with Crippen molar-refractivity contribution in [1.82, 2.24) is 4.90 Å². The summed E-state index contributed by atoms with van der Waals surface area (Å²) in [4.78, 5) is 12.0. The van der Waals surface area contributed by atoms with Gasteiger partial charge in [-0.1, -0.05) is 6.42 Å². The summed E-state index contributed by atoms with van der Waals surface area (Å²) in [5.41, 5.74) is -0.567. The van der Waals surface area contributed by atoms with Crippen LogP contribution >= 0.6 is 18.2 Å². The number of nitrogens with zero attached hydrogens (tertiary/aromatic N) is 1. The lowest BCUT2D eigenvalue weighted by Crippen LogP contribution is -2.31. The summed E-state index contributed by atoms with van der Waals surface area (Å²) in [5.74, 6) is 0.657. The molecule has 0 aliphatic carbocycles. The predicted molar refractivity (Wildman–Crippen MR) is 73.4 cm³/mol. The van der Waals surface area contributed by atoms with Gasteiger partial charge in [-0.2, -0.15) is 0 Å². The zero-order chi connectivity index (χ0) is 12.9. The Labute approximate surface area is 108 Å². The standard InChI is InChI=1S/C11H24NO3PS/c1-11(2,3)15-16(13,14)17-10-9-12-7-5-4-6-8-12/h4-10H2,1-3H3,(H,13,14). The average Bonchev–Trinajstić information content (AvgIpc) is 2.15. The molecule has 6 heteroatoms. The van der Waals surface area contributed by atoms with E-state index in [2.05, 4.69) is 4.90 Å². The monoisotopic (exact) mass is 281 g/mol. The molecule has 0 spiro atoms. The molecule has 0 aromatic heterocycles. The van der Waals surface area contributed by atoms with Crippen LogP contribution < -0.4 is 0 Å². The maximum Gasteiger partial charge on any atom is 0.387 e. The molecule has 1 rings (SSSR count). The summed E-state index contributed by atoms with van der Waals surface area (Å²) in [6.07, 6.45) is 3.81. The van der Waals surface area contributed by atoms with Crippen molar-refractivity contribution < 1.29 is 14.0 Å². The second-order valence-electron chi connectivity index (χ2n) is 5.41. The Morgan fingerprint density at radius 1 is 1.29 bits per heavy atom. The van der Waals surface area contributed by atoms with Crippen molar-refractivity contribution in [3.8, 4) is 0 Å². The van der Waals surface area contributed by atoms with Crippen LogP contribution in [0, 0.1) is 0 Å². The molecule has 102 valence electrons. The maximum atomic E-state index is 11.7. The van der Waals surface area contributed by atoms with E-state index in [-0.39, 0.29) is 0 Å². The van der Waals surface area contributed by atoms with Crippen molar-refractivity contribution >= 4 is 18.2 Å². The fraction of sp³-hybridized carbons (Fsp3) is 1.00. The third-order valence-electron chi connectivity index (χ3n) is 2.50. The summed E-state index contributed by atoms with van der Waals surface area (Å²) in [7, 11) is 0. The molecule has 0 saturated carbocycles. The van der Waals surface area contributed by atoms with E-state index in [1.165, 1.54) is 19.3 Å². The molecule has 17 heavy (non-hydrogen) atoms. The molecule has 0 amide bonds. The van der Waals surface area contributed by atoms with Gasteiger partial charge in [-0.15, -0.1) is 0 Å². The van der Waals surface area contributed by atoms with Crippen molar-refractivity contribution in [3.63, 3.8) is 0 Å². The molecule has 1 fully saturated rings. The Kier molecular flexibility index (Phi) is 6.00. The summed E-state index contributed by atoms with van der Waals surface area (Å²) >= 11 is 1.05. The largest absolute Gasteiger partial charge is 0.387 e. The van der Waals surface area contributed by atoms with Gasteiger partial charge in [-0.3, -0.25) is 4.52 Å². The van der Waals surface area contributed by atoms with Crippen molar-refractivity contribution in [2.24, 2.45) is 0 Å². The number of hydrogen-bond acceptors (Lipinski definition) is 4. The summed E-state index contributed by atoms with van der Waals surface area (Å²) in [6, 6.07) is 0. The van der Waals surface area contributed by atoms with E-state index in [9.17, 15) is 9.46 Å². The first-order chi connectivity index (χ1) is 7.79. The van der Waals surface area contributed by atoms with Crippen LogP contribution in [0.4, 0.5) is 0 Å².